The van der Waals surface area contributed by atoms with Crippen molar-refractivity contribution in [2.24, 2.45) is 5.73 Å². The molecule has 0 aliphatic carbocycles. The molecule has 1 fully saturated rings. The van der Waals surface area contributed by atoms with Crippen LogP contribution in [0.4, 0.5) is 0 Å². The Morgan fingerprint density at radius 2 is 2.08 bits per heavy atom. The van der Waals surface area contributed by atoms with E-state index in [9.17, 15) is 4.79 Å². The summed E-state index contributed by atoms with van der Waals surface area (Å²) in [7, 11) is 0. The number of carbonyl (C=O) groups excluding carboxylic acids is 1. The molecule has 1 aliphatic heterocycles. The summed E-state index contributed by atoms with van der Waals surface area (Å²) in [4.78, 5) is 18.7. The first kappa shape index (κ1) is 17.7. The third-order valence-corrected chi connectivity index (χ3v) is 4.77. The fraction of sp³-hybridized carbons (Fsp3) is 0.368. The summed E-state index contributed by atoms with van der Waals surface area (Å²) < 4.78 is 5.73. The van der Waals surface area contributed by atoms with Gasteiger partial charge in [0, 0.05) is 36.6 Å². The lowest BCUT2D eigenvalue weighted by molar-refractivity contribution is 0.0584. The van der Waals surface area contributed by atoms with Crippen LogP contribution in [-0.4, -0.2) is 34.4 Å². The van der Waals surface area contributed by atoms with Crippen molar-refractivity contribution in [3.05, 3.63) is 53.3 Å². The maximum Gasteiger partial charge on any atom is 0.254 e. The van der Waals surface area contributed by atoms with E-state index in [0.717, 1.165) is 25.8 Å². The van der Waals surface area contributed by atoms with Crippen molar-refractivity contribution >= 4 is 17.5 Å². The minimum Gasteiger partial charge on any atom is -0.456 e. The first-order valence-corrected chi connectivity index (χ1v) is 8.88. The monoisotopic (exact) mass is 359 g/mol. The number of piperidine rings is 1. The Morgan fingerprint density at radius 3 is 2.76 bits per heavy atom. The Balaban J connectivity index is 1.78. The number of aromatic nitrogens is 1. The molecule has 1 amide bonds. The maximum atomic E-state index is 12.9. The topological polar surface area (TPSA) is 68.5 Å². The average molecular weight is 360 g/mol. The van der Waals surface area contributed by atoms with E-state index < -0.39 is 0 Å². The molecule has 2 aromatic rings. The second-order valence-electron chi connectivity index (χ2n) is 6.35. The Morgan fingerprint density at radius 1 is 1.32 bits per heavy atom. The number of amides is 1. The van der Waals surface area contributed by atoms with Crippen molar-refractivity contribution in [3.63, 3.8) is 0 Å². The molecule has 0 radical (unpaired) electrons. The molecule has 2 atom stereocenters. The second-order valence-corrected chi connectivity index (χ2v) is 6.76. The molecular formula is C19H22ClN3O2. The minimum atomic E-state index is -0.0472. The molecule has 2 heterocycles. The van der Waals surface area contributed by atoms with Crippen LogP contribution in [0.2, 0.25) is 5.02 Å². The molecule has 3 rings (SSSR count). The first-order chi connectivity index (χ1) is 12.1. The van der Waals surface area contributed by atoms with Crippen molar-refractivity contribution in [3.8, 4) is 11.5 Å². The maximum absolute atomic E-state index is 12.9. The largest absolute Gasteiger partial charge is 0.456 e. The van der Waals surface area contributed by atoms with E-state index in [4.69, 9.17) is 22.1 Å². The van der Waals surface area contributed by atoms with Gasteiger partial charge in [-0.1, -0.05) is 11.6 Å². The quantitative estimate of drug-likeness (QED) is 0.899. The van der Waals surface area contributed by atoms with Crippen molar-refractivity contribution in [1.82, 2.24) is 9.88 Å². The summed E-state index contributed by atoms with van der Waals surface area (Å²) in [5.74, 6) is 1.12. The standard InChI is InChI=1S/C19H22ClN3O2/c1-13(21)17-4-2-3-11-23(17)19(24)14-5-6-18(16(20)12-14)25-15-7-9-22-10-8-15/h5-10,12-13,17H,2-4,11,21H2,1H3. The number of hydrogen-bond donors (Lipinski definition) is 1. The van der Waals surface area contributed by atoms with Crippen LogP contribution in [0.3, 0.4) is 0 Å². The highest BCUT2D eigenvalue weighted by molar-refractivity contribution is 6.32. The van der Waals surface area contributed by atoms with Crippen LogP contribution in [0.25, 0.3) is 0 Å². The van der Waals surface area contributed by atoms with Gasteiger partial charge in [-0.05, 0) is 56.5 Å². The lowest BCUT2D eigenvalue weighted by Gasteiger charge is -2.38. The highest BCUT2D eigenvalue weighted by atomic mass is 35.5. The lowest BCUT2D eigenvalue weighted by Crippen LogP contribution is -2.51. The molecule has 5 nitrogen and oxygen atoms in total. The van der Waals surface area contributed by atoms with Crippen molar-refractivity contribution in [2.45, 2.75) is 38.3 Å². The van der Waals surface area contributed by atoms with Crippen molar-refractivity contribution in [2.75, 3.05) is 6.54 Å². The van der Waals surface area contributed by atoms with Crippen molar-refractivity contribution in [1.29, 1.82) is 0 Å². The molecule has 132 valence electrons. The van der Waals surface area contributed by atoms with Gasteiger partial charge in [0.15, 0.2) is 0 Å². The number of nitrogens with two attached hydrogens (primary N) is 1. The number of pyridine rings is 1. The summed E-state index contributed by atoms with van der Waals surface area (Å²) >= 11 is 6.33. The number of nitrogens with zero attached hydrogens (tertiary/aromatic N) is 2. The van der Waals surface area contributed by atoms with Gasteiger partial charge < -0.3 is 15.4 Å². The number of benzene rings is 1. The minimum absolute atomic E-state index is 0.0284. The molecular weight excluding hydrogens is 338 g/mol. The van der Waals surface area contributed by atoms with E-state index in [1.165, 1.54) is 0 Å². The number of carbonyl (C=O) groups is 1. The fourth-order valence-electron chi connectivity index (χ4n) is 3.17. The number of ether oxygens (including phenoxy) is 1. The van der Waals surface area contributed by atoms with Crippen LogP contribution >= 0.6 is 11.6 Å². The third kappa shape index (κ3) is 4.11. The van der Waals surface area contributed by atoms with Gasteiger partial charge in [-0.25, -0.2) is 0 Å². The Kier molecular flexibility index (Phi) is 5.56. The number of likely N-dealkylation sites (tertiary alicyclic amines) is 1. The van der Waals surface area contributed by atoms with Gasteiger partial charge in [0.2, 0.25) is 0 Å². The normalized spacial score (nSPS) is 18.7. The summed E-state index contributed by atoms with van der Waals surface area (Å²) in [6, 6.07) is 8.65. The molecule has 2 unspecified atom stereocenters. The highest BCUT2D eigenvalue weighted by Gasteiger charge is 2.30. The zero-order chi connectivity index (χ0) is 17.8. The van der Waals surface area contributed by atoms with Crippen LogP contribution in [0.15, 0.2) is 42.7 Å². The van der Waals surface area contributed by atoms with E-state index in [0.29, 0.717) is 22.1 Å². The summed E-state index contributed by atoms with van der Waals surface area (Å²) in [6.45, 7) is 2.69. The molecule has 0 spiro atoms. The van der Waals surface area contributed by atoms with Gasteiger partial charge in [-0.3, -0.25) is 9.78 Å². The first-order valence-electron chi connectivity index (χ1n) is 8.50. The van der Waals surface area contributed by atoms with Gasteiger partial charge in [0.25, 0.3) is 5.91 Å². The summed E-state index contributed by atoms with van der Waals surface area (Å²) in [6.07, 6.45) is 6.35. The zero-order valence-corrected chi connectivity index (χ0v) is 14.9. The molecule has 6 heteroatoms. The molecule has 1 saturated heterocycles. The van der Waals surface area contributed by atoms with Gasteiger partial charge in [0.05, 0.1) is 5.02 Å². The highest BCUT2D eigenvalue weighted by Crippen LogP contribution is 2.31. The van der Waals surface area contributed by atoms with Crippen LogP contribution in [-0.2, 0) is 0 Å². The average Bonchev–Trinajstić information content (AvgIpc) is 2.63. The fourth-order valence-corrected chi connectivity index (χ4v) is 3.39. The van der Waals surface area contributed by atoms with E-state index >= 15 is 0 Å². The van der Waals surface area contributed by atoms with Crippen LogP contribution in [0, 0.1) is 0 Å². The van der Waals surface area contributed by atoms with Crippen LogP contribution < -0.4 is 10.5 Å². The molecule has 25 heavy (non-hydrogen) atoms. The SMILES string of the molecule is CC(N)C1CCCCN1C(=O)c1ccc(Oc2ccncc2)c(Cl)c1. The van der Waals surface area contributed by atoms with Gasteiger partial charge in [-0.2, -0.15) is 0 Å². The van der Waals surface area contributed by atoms with Gasteiger partial charge >= 0.3 is 0 Å². The molecule has 1 aromatic heterocycles. The smallest absolute Gasteiger partial charge is 0.254 e. The molecule has 1 aliphatic rings. The number of hydrogen-bond acceptors (Lipinski definition) is 4. The second kappa shape index (κ2) is 7.85. The Bertz CT molecular complexity index is 737. The number of halogens is 1. The Labute approximate surface area is 152 Å². The molecule has 0 saturated carbocycles. The van der Waals surface area contributed by atoms with E-state index in [-0.39, 0.29) is 18.0 Å². The van der Waals surface area contributed by atoms with Crippen molar-refractivity contribution < 1.29 is 9.53 Å². The summed E-state index contributed by atoms with van der Waals surface area (Å²) in [5, 5.41) is 0.400. The van der Waals surface area contributed by atoms with Gasteiger partial charge in [0.1, 0.15) is 11.5 Å². The predicted molar refractivity (Wildman–Crippen MR) is 98.1 cm³/mol. The molecule has 0 bridgehead atoms. The number of rotatable bonds is 4. The van der Waals surface area contributed by atoms with Crippen LogP contribution in [0.1, 0.15) is 36.5 Å². The van der Waals surface area contributed by atoms with Crippen LogP contribution in [0.5, 0.6) is 11.5 Å². The molecule has 1 aromatic carbocycles. The molecule has 2 N–H and O–H groups in total. The Hall–Kier alpha value is -2.11. The third-order valence-electron chi connectivity index (χ3n) is 4.47. The van der Waals surface area contributed by atoms with E-state index in [1.54, 1.807) is 42.7 Å². The van der Waals surface area contributed by atoms with E-state index in [1.807, 2.05) is 11.8 Å². The summed E-state index contributed by atoms with van der Waals surface area (Å²) in [5.41, 5.74) is 6.62. The van der Waals surface area contributed by atoms with E-state index in [2.05, 4.69) is 4.98 Å². The predicted octanol–water partition coefficient (Wildman–Crippen LogP) is 3.87. The lowest BCUT2D eigenvalue weighted by atomic mass is 9.96. The van der Waals surface area contributed by atoms with Gasteiger partial charge in [-0.15, -0.1) is 0 Å². The zero-order valence-electron chi connectivity index (χ0n) is 14.2.